The van der Waals surface area contributed by atoms with Crippen molar-refractivity contribution in [2.75, 3.05) is 19.7 Å². The number of nitrogens with one attached hydrogen (secondary N) is 1. The Morgan fingerprint density at radius 2 is 2.00 bits per heavy atom. The summed E-state index contributed by atoms with van der Waals surface area (Å²) in [4.78, 5) is 25.6. The van der Waals surface area contributed by atoms with Crippen LogP contribution in [0, 0.1) is 0 Å². The Morgan fingerprint density at radius 3 is 2.59 bits per heavy atom. The van der Waals surface area contributed by atoms with E-state index in [0.29, 0.717) is 6.61 Å². The maximum absolute atomic E-state index is 12.0. The molecule has 1 unspecified atom stereocenters. The number of likely N-dealkylation sites (tertiary alicyclic amines) is 1. The fourth-order valence-electron chi connectivity index (χ4n) is 2.36. The van der Waals surface area contributed by atoms with E-state index in [1.807, 2.05) is 4.90 Å². The standard InChI is InChI=1S/C12H20N2O3/c1-9(12(16)14-6-2-3-7-14)13-11(15)10-5-4-8-17-10/h9-10H,2-8H2,1H3,(H,13,15)/t9-,10?/m1/s1. The highest BCUT2D eigenvalue weighted by Gasteiger charge is 2.28. The Balaban J connectivity index is 1.80. The molecule has 2 atom stereocenters. The minimum Gasteiger partial charge on any atom is -0.368 e. The second-order valence-electron chi connectivity index (χ2n) is 4.76. The number of ether oxygens (including phenoxy) is 1. The number of rotatable bonds is 3. The third-order valence-electron chi connectivity index (χ3n) is 3.37. The van der Waals surface area contributed by atoms with E-state index in [4.69, 9.17) is 4.74 Å². The highest BCUT2D eigenvalue weighted by atomic mass is 16.5. The molecule has 1 N–H and O–H groups in total. The van der Waals surface area contributed by atoms with E-state index >= 15 is 0 Å². The van der Waals surface area contributed by atoms with Crippen LogP contribution in [0.25, 0.3) is 0 Å². The van der Waals surface area contributed by atoms with Gasteiger partial charge in [-0.2, -0.15) is 0 Å². The predicted octanol–water partition coefficient (Wildman–Crippen LogP) is 0.292. The van der Waals surface area contributed by atoms with E-state index in [1.54, 1.807) is 6.92 Å². The van der Waals surface area contributed by atoms with Crippen LogP contribution in [0.2, 0.25) is 0 Å². The molecule has 0 spiro atoms. The summed E-state index contributed by atoms with van der Waals surface area (Å²) in [6.07, 6.45) is 3.46. The molecule has 2 rings (SSSR count). The maximum Gasteiger partial charge on any atom is 0.249 e. The third kappa shape index (κ3) is 2.97. The van der Waals surface area contributed by atoms with Gasteiger partial charge in [0.2, 0.25) is 11.8 Å². The number of hydrogen-bond acceptors (Lipinski definition) is 3. The third-order valence-corrected chi connectivity index (χ3v) is 3.37. The van der Waals surface area contributed by atoms with Gasteiger partial charge in [-0.3, -0.25) is 9.59 Å². The van der Waals surface area contributed by atoms with Gasteiger partial charge in [-0.15, -0.1) is 0 Å². The molecule has 0 bridgehead atoms. The summed E-state index contributed by atoms with van der Waals surface area (Å²) in [6.45, 7) is 4.03. The molecule has 2 fully saturated rings. The van der Waals surface area contributed by atoms with E-state index < -0.39 is 6.04 Å². The molecule has 2 amide bonds. The van der Waals surface area contributed by atoms with E-state index in [2.05, 4.69) is 5.32 Å². The summed E-state index contributed by atoms with van der Waals surface area (Å²) in [7, 11) is 0. The molecule has 2 heterocycles. The van der Waals surface area contributed by atoms with Crippen molar-refractivity contribution in [3.63, 3.8) is 0 Å². The quantitative estimate of drug-likeness (QED) is 0.771. The zero-order valence-electron chi connectivity index (χ0n) is 10.3. The molecule has 0 aliphatic carbocycles. The zero-order chi connectivity index (χ0) is 12.3. The van der Waals surface area contributed by atoms with E-state index in [1.165, 1.54) is 0 Å². The molecule has 0 radical (unpaired) electrons. The molecular formula is C12H20N2O3. The van der Waals surface area contributed by atoms with Gasteiger partial charge in [-0.1, -0.05) is 0 Å². The molecular weight excluding hydrogens is 220 g/mol. The highest BCUT2D eigenvalue weighted by molar-refractivity contribution is 5.89. The average molecular weight is 240 g/mol. The lowest BCUT2D eigenvalue weighted by Gasteiger charge is -2.22. The lowest BCUT2D eigenvalue weighted by atomic mass is 10.2. The van der Waals surface area contributed by atoms with Gasteiger partial charge < -0.3 is 15.0 Å². The van der Waals surface area contributed by atoms with Gasteiger partial charge in [0.1, 0.15) is 12.1 Å². The molecule has 2 saturated heterocycles. The molecule has 5 heteroatoms. The minimum absolute atomic E-state index is 0.0221. The van der Waals surface area contributed by atoms with E-state index in [9.17, 15) is 9.59 Å². The van der Waals surface area contributed by atoms with E-state index in [0.717, 1.165) is 38.8 Å². The Bertz CT molecular complexity index is 294. The first-order chi connectivity index (χ1) is 8.18. The molecule has 0 aromatic carbocycles. The van der Waals surface area contributed by atoms with Gasteiger partial charge in [0.25, 0.3) is 0 Å². The summed E-state index contributed by atoms with van der Waals surface area (Å²) < 4.78 is 5.28. The van der Waals surface area contributed by atoms with Gasteiger partial charge in [-0.05, 0) is 32.6 Å². The Hall–Kier alpha value is -1.10. The fraction of sp³-hybridized carbons (Fsp3) is 0.833. The zero-order valence-corrected chi connectivity index (χ0v) is 10.3. The summed E-state index contributed by atoms with van der Waals surface area (Å²) in [5.41, 5.74) is 0. The number of amides is 2. The summed E-state index contributed by atoms with van der Waals surface area (Å²) in [5, 5.41) is 2.74. The summed E-state index contributed by atoms with van der Waals surface area (Å²) in [5.74, 6) is -0.128. The number of carbonyl (C=O) groups is 2. The molecule has 2 aliphatic rings. The van der Waals surface area contributed by atoms with Crippen LogP contribution in [0.1, 0.15) is 32.6 Å². The van der Waals surface area contributed by atoms with Gasteiger partial charge in [0, 0.05) is 19.7 Å². The first kappa shape index (κ1) is 12.4. The summed E-state index contributed by atoms with van der Waals surface area (Å²) >= 11 is 0. The van der Waals surface area contributed by atoms with Crippen LogP contribution < -0.4 is 5.32 Å². The Kier molecular flexibility index (Phi) is 3.99. The van der Waals surface area contributed by atoms with Gasteiger partial charge in [0.05, 0.1) is 0 Å². The molecule has 0 aromatic rings. The molecule has 5 nitrogen and oxygen atoms in total. The van der Waals surface area contributed by atoms with Crippen LogP contribution in [-0.4, -0.2) is 48.6 Å². The SMILES string of the molecule is C[C@@H](NC(=O)C1CCCO1)C(=O)N1CCCC1. The molecule has 17 heavy (non-hydrogen) atoms. The van der Waals surface area contributed by atoms with Crippen molar-refractivity contribution in [2.24, 2.45) is 0 Å². The second-order valence-corrected chi connectivity index (χ2v) is 4.76. The van der Waals surface area contributed by atoms with Gasteiger partial charge in [0.15, 0.2) is 0 Å². The van der Waals surface area contributed by atoms with Crippen molar-refractivity contribution in [3.05, 3.63) is 0 Å². The Labute approximate surface area is 101 Å². The largest absolute Gasteiger partial charge is 0.368 e. The van der Waals surface area contributed by atoms with Crippen LogP contribution in [0.5, 0.6) is 0 Å². The first-order valence-electron chi connectivity index (χ1n) is 6.39. The van der Waals surface area contributed by atoms with E-state index in [-0.39, 0.29) is 17.9 Å². The van der Waals surface area contributed by atoms with Crippen LogP contribution in [0.3, 0.4) is 0 Å². The highest BCUT2D eigenvalue weighted by Crippen LogP contribution is 2.13. The minimum atomic E-state index is -0.440. The van der Waals surface area contributed by atoms with Crippen molar-refractivity contribution >= 4 is 11.8 Å². The smallest absolute Gasteiger partial charge is 0.249 e. The molecule has 0 saturated carbocycles. The van der Waals surface area contributed by atoms with Crippen molar-refractivity contribution < 1.29 is 14.3 Å². The van der Waals surface area contributed by atoms with Crippen LogP contribution >= 0.6 is 0 Å². The fourth-order valence-corrected chi connectivity index (χ4v) is 2.36. The van der Waals surface area contributed by atoms with Crippen molar-refractivity contribution in [3.8, 4) is 0 Å². The predicted molar refractivity (Wildman–Crippen MR) is 62.4 cm³/mol. The lowest BCUT2D eigenvalue weighted by molar-refractivity contribution is -0.138. The molecule has 96 valence electrons. The molecule has 0 aromatic heterocycles. The van der Waals surface area contributed by atoms with Gasteiger partial charge in [-0.25, -0.2) is 0 Å². The number of nitrogens with zero attached hydrogens (tertiary/aromatic N) is 1. The number of carbonyl (C=O) groups excluding carboxylic acids is 2. The van der Waals surface area contributed by atoms with Crippen molar-refractivity contribution in [1.29, 1.82) is 0 Å². The normalized spacial score (nSPS) is 25.9. The summed E-state index contributed by atoms with van der Waals surface area (Å²) in [6, 6.07) is -0.440. The number of hydrogen-bond donors (Lipinski definition) is 1. The average Bonchev–Trinajstić information content (AvgIpc) is 3.00. The topological polar surface area (TPSA) is 58.6 Å². The van der Waals surface area contributed by atoms with Crippen LogP contribution in [0.15, 0.2) is 0 Å². The van der Waals surface area contributed by atoms with Crippen molar-refractivity contribution in [1.82, 2.24) is 10.2 Å². The van der Waals surface area contributed by atoms with Crippen LogP contribution in [0.4, 0.5) is 0 Å². The maximum atomic E-state index is 12.0. The Morgan fingerprint density at radius 1 is 1.29 bits per heavy atom. The van der Waals surface area contributed by atoms with Gasteiger partial charge >= 0.3 is 0 Å². The first-order valence-corrected chi connectivity index (χ1v) is 6.39. The monoisotopic (exact) mass is 240 g/mol. The second kappa shape index (κ2) is 5.49. The molecule has 2 aliphatic heterocycles. The van der Waals surface area contributed by atoms with Crippen molar-refractivity contribution in [2.45, 2.75) is 44.8 Å². The lowest BCUT2D eigenvalue weighted by Crippen LogP contribution is -2.48. The van der Waals surface area contributed by atoms with Crippen LogP contribution in [-0.2, 0) is 14.3 Å².